The van der Waals surface area contributed by atoms with Crippen LogP contribution in [0.5, 0.6) is 0 Å². The number of aryl methyl sites for hydroxylation is 1. The van der Waals surface area contributed by atoms with Gasteiger partial charge in [-0.25, -0.2) is 0 Å². The number of nitrogens with one attached hydrogen (secondary N) is 1. The molecule has 1 aliphatic heterocycles. The summed E-state index contributed by atoms with van der Waals surface area (Å²) in [5, 5.41) is 3.64. The topological polar surface area (TPSA) is 12.0 Å². The summed E-state index contributed by atoms with van der Waals surface area (Å²) in [6.07, 6.45) is 0. The van der Waals surface area contributed by atoms with Crippen LogP contribution in [0.3, 0.4) is 0 Å². The van der Waals surface area contributed by atoms with E-state index in [2.05, 4.69) is 60.8 Å². The third-order valence-electron chi connectivity index (χ3n) is 3.17. The van der Waals surface area contributed by atoms with E-state index < -0.39 is 0 Å². The summed E-state index contributed by atoms with van der Waals surface area (Å²) in [4.78, 5) is 1.42. The molecule has 0 bridgehead atoms. The van der Waals surface area contributed by atoms with Crippen molar-refractivity contribution in [2.75, 3.05) is 11.1 Å². The maximum Gasteiger partial charge on any atom is 0.0618 e. The largest absolute Gasteiger partial charge is 0.377 e. The molecule has 2 heteroatoms. The van der Waals surface area contributed by atoms with Crippen molar-refractivity contribution in [3.05, 3.63) is 59.7 Å². The summed E-state index contributed by atoms with van der Waals surface area (Å²) >= 11 is 1.94. The maximum atomic E-state index is 3.64. The molecular formula is C15H15NS. The number of hydrogen-bond acceptors (Lipinski definition) is 2. The average Bonchev–Trinajstić information content (AvgIpc) is 2.76. The van der Waals surface area contributed by atoms with Gasteiger partial charge in [-0.3, -0.25) is 0 Å². The molecule has 0 radical (unpaired) electrons. The van der Waals surface area contributed by atoms with Gasteiger partial charge in [0.15, 0.2) is 0 Å². The van der Waals surface area contributed by atoms with E-state index in [1.54, 1.807) is 0 Å². The summed E-state index contributed by atoms with van der Waals surface area (Å²) in [6.45, 7) is 2.15. The van der Waals surface area contributed by atoms with Gasteiger partial charge in [-0.15, -0.1) is 11.8 Å². The molecule has 1 unspecified atom stereocenters. The quantitative estimate of drug-likeness (QED) is 0.843. The zero-order valence-corrected chi connectivity index (χ0v) is 10.6. The summed E-state index contributed by atoms with van der Waals surface area (Å²) in [5.74, 6) is 1.12. The van der Waals surface area contributed by atoms with Crippen LogP contribution in [0.4, 0.5) is 5.69 Å². The van der Waals surface area contributed by atoms with Crippen molar-refractivity contribution >= 4 is 17.4 Å². The lowest BCUT2D eigenvalue weighted by Crippen LogP contribution is -2.10. The van der Waals surface area contributed by atoms with Crippen molar-refractivity contribution in [2.45, 2.75) is 17.9 Å². The number of fused-ring (bicyclic) bond motifs is 1. The molecule has 86 valence electrons. The van der Waals surface area contributed by atoms with Crippen LogP contribution >= 0.6 is 11.8 Å². The fraction of sp³-hybridized carbons (Fsp3) is 0.200. The van der Waals surface area contributed by atoms with E-state index in [1.807, 2.05) is 11.8 Å². The van der Waals surface area contributed by atoms with Crippen LogP contribution in [0.15, 0.2) is 53.4 Å². The number of para-hydroxylation sites is 1. The van der Waals surface area contributed by atoms with E-state index in [0.717, 1.165) is 5.75 Å². The molecule has 0 aliphatic carbocycles. The normalized spacial score (nSPS) is 17.8. The Morgan fingerprint density at radius 1 is 1.06 bits per heavy atom. The highest BCUT2D eigenvalue weighted by atomic mass is 32.2. The molecule has 0 spiro atoms. The van der Waals surface area contributed by atoms with Crippen molar-refractivity contribution in [3.63, 3.8) is 0 Å². The molecular weight excluding hydrogens is 226 g/mol. The second-order valence-corrected chi connectivity index (χ2v) is 5.42. The first-order valence-corrected chi connectivity index (χ1v) is 6.87. The number of thioether (sulfide) groups is 1. The van der Waals surface area contributed by atoms with E-state index in [9.17, 15) is 0 Å². The van der Waals surface area contributed by atoms with Crippen LogP contribution < -0.4 is 5.32 Å². The van der Waals surface area contributed by atoms with E-state index in [-0.39, 0.29) is 0 Å². The monoisotopic (exact) mass is 241 g/mol. The zero-order chi connectivity index (χ0) is 11.7. The minimum absolute atomic E-state index is 0.442. The molecule has 2 aromatic carbocycles. The predicted octanol–water partition coefficient (Wildman–Crippen LogP) is 4.25. The van der Waals surface area contributed by atoms with Gasteiger partial charge in [0.2, 0.25) is 0 Å². The lowest BCUT2D eigenvalue weighted by molar-refractivity contribution is 0.898. The Labute approximate surface area is 106 Å². The van der Waals surface area contributed by atoms with Crippen molar-refractivity contribution < 1.29 is 0 Å². The molecule has 0 saturated heterocycles. The number of anilines is 1. The van der Waals surface area contributed by atoms with Gasteiger partial charge in [0, 0.05) is 16.3 Å². The maximum absolute atomic E-state index is 3.64. The lowest BCUT2D eigenvalue weighted by Gasteiger charge is -2.16. The molecule has 1 N–H and O–H groups in total. The molecule has 1 heterocycles. The fourth-order valence-corrected chi connectivity index (χ4v) is 3.37. The van der Waals surface area contributed by atoms with Gasteiger partial charge in [-0.05, 0) is 30.2 Å². The van der Waals surface area contributed by atoms with Crippen molar-refractivity contribution in [1.29, 1.82) is 0 Å². The van der Waals surface area contributed by atoms with Crippen molar-refractivity contribution in [2.24, 2.45) is 0 Å². The summed E-state index contributed by atoms with van der Waals surface area (Å²) in [7, 11) is 0. The first-order chi connectivity index (χ1) is 8.34. The highest BCUT2D eigenvalue weighted by Gasteiger charge is 2.22. The van der Waals surface area contributed by atoms with Crippen molar-refractivity contribution in [1.82, 2.24) is 0 Å². The Balaban J connectivity index is 1.87. The van der Waals surface area contributed by atoms with Crippen LogP contribution in [0, 0.1) is 6.92 Å². The average molecular weight is 241 g/mol. The molecule has 0 saturated carbocycles. The first kappa shape index (κ1) is 10.7. The second-order valence-electron chi connectivity index (χ2n) is 4.36. The Kier molecular flexibility index (Phi) is 2.81. The number of rotatable bonds is 2. The molecule has 0 fully saturated rings. The molecule has 3 rings (SSSR count). The van der Waals surface area contributed by atoms with Crippen LogP contribution in [0.25, 0.3) is 0 Å². The first-order valence-electron chi connectivity index (χ1n) is 5.88. The van der Waals surface area contributed by atoms with Crippen LogP contribution in [0.1, 0.15) is 17.2 Å². The van der Waals surface area contributed by atoms with E-state index in [1.165, 1.54) is 21.7 Å². The number of hydrogen-bond donors (Lipinski definition) is 1. The van der Waals surface area contributed by atoms with Gasteiger partial charge >= 0.3 is 0 Å². The SMILES string of the molecule is Cc1ccccc1NC1CSc2ccccc21. The van der Waals surface area contributed by atoms with Crippen LogP contribution in [0.2, 0.25) is 0 Å². The van der Waals surface area contributed by atoms with E-state index >= 15 is 0 Å². The summed E-state index contributed by atoms with van der Waals surface area (Å²) in [5.41, 5.74) is 3.98. The van der Waals surface area contributed by atoms with Gasteiger partial charge < -0.3 is 5.32 Å². The standard InChI is InChI=1S/C15H15NS/c1-11-6-2-4-8-13(11)16-14-10-17-15-9-5-3-7-12(14)15/h2-9,14,16H,10H2,1H3. The molecule has 17 heavy (non-hydrogen) atoms. The Bertz CT molecular complexity index is 536. The summed E-state index contributed by atoms with van der Waals surface area (Å²) in [6, 6.07) is 17.6. The molecule has 0 amide bonds. The molecule has 1 aliphatic rings. The highest BCUT2D eigenvalue weighted by Crippen LogP contribution is 2.39. The minimum Gasteiger partial charge on any atom is -0.377 e. The summed E-state index contributed by atoms with van der Waals surface area (Å²) < 4.78 is 0. The van der Waals surface area contributed by atoms with Gasteiger partial charge in [0.25, 0.3) is 0 Å². The molecule has 1 atom stereocenters. The minimum atomic E-state index is 0.442. The predicted molar refractivity (Wildman–Crippen MR) is 74.7 cm³/mol. The van der Waals surface area contributed by atoms with Crippen molar-refractivity contribution in [3.8, 4) is 0 Å². The molecule has 0 aromatic heterocycles. The lowest BCUT2D eigenvalue weighted by atomic mass is 10.1. The Hall–Kier alpha value is -1.41. The van der Waals surface area contributed by atoms with E-state index in [0.29, 0.717) is 6.04 Å². The van der Waals surface area contributed by atoms with Gasteiger partial charge in [0.1, 0.15) is 0 Å². The zero-order valence-electron chi connectivity index (χ0n) is 9.81. The highest BCUT2D eigenvalue weighted by molar-refractivity contribution is 7.99. The third kappa shape index (κ3) is 2.05. The molecule has 1 nitrogen and oxygen atoms in total. The van der Waals surface area contributed by atoms with Gasteiger partial charge in [-0.1, -0.05) is 36.4 Å². The van der Waals surface area contributed by atoms with Gasteiger partial charge in [0.05, 0.1) is 6.04 Å². The molecule has 2 aromatic rings. The smallest absolute Gasteiger partial charge is 0.0618 e. The van der Waals surface area contributed by atoms with Crippen LogP contribution in [-0.2, 0) is 0 Å². The van der Waals surface area contributed by atoms with E-state index in [4.69, 9.17) is 0 Å². The van der Waals surface area contributed by atoms with Gasteiger partial charge in [-0.2, -0.15) is 0 Å². The Morgan fingerprint density at radius 2 is 1.82 bits per heavy atom. The number of benzene rings is 2. The fourth-order valence-electron chi connectivity index (χ4n) is 2.20. The third-order valence-corrected chi connectivity index (χ3v) is 4.36. The van der Waals surface area contributed by atoms with Crippen LogP contribution in [-0.4, -0.2) is 5.75 Å². The Morgan fingerprint density at radius 3 is 2.71 bits per heavy atom. The second kappa shape index (κ2) is 4.46.